The summed E-state index contributed by atoms with van der Waals surface area (Å²) in [4.78, 5) is 25.3. The van der Waals surface area contributed by atoms with Gasteiger partial charge in [-0.2, -0.15) is 4.98 Å². The molecule has 1 unspecified atom stereocenters. The molecule has 0 radical (unpaired) electrons. The van der Waals surface area contributed by atoms with Crippen LogP contribution in [0.1, 0.15) is 23.8 Å². The van der Waals surface area contributed by atoms with Crippen LogP contribution in [0.5, 0.6) is 0 Å². The molecule has 2 aliphatic heterocycles. The van der Waals surface area contributed by atoms with Crippen LogP contribution in [0.25, 0.3) is 11.1 Å². The number of benzene rings is 1. The Morgan fingerprint density at radius 2 is 1.96 bits per heavy atom. The fourth-order valence-electron chi connectivity index (χ4n) is 4.22. The van der Waals surface area contributed by atoms with Crippen LogP contribution in [0.15, 0.2) is 46.2 Å². The Labute approximate surface area is 168 Å². The Morgan fingerprint density at radius 3 is 2.75 bits per heavy atom. The molecule has 28 heavy (non-hydrogen) atoms. The molecule has 5 rings (SSSR count). The van der Waals surface area contributed by atoms with Crippen molar-refractivity contribution in [2.24, 2.45) is 0 Å². The van der Waals surface area contributed by atoms with Crippen molar-refractivity contribution < 1.29 is 9.21 Å². The van der Waals surface area contributed by atoms with E-state index >= 15 is 0 Å². The quantitative estimate of drug-likeness (QED) is 0.677. The van der Waals surface area contributed by atoms with Crippen LogP contribution in [0, 0.1) is 0 Å². The summed E-state index contributed by atoms with van der Waals surface area (Å²) >= 11 is 1.76. The summed E-state index contributed by atoms with van der Waals surface area (Å²) < 4.78 is 5.88. The first kappa shape index (κ1) is 17.7. The summed E-state index contributed by atoms with van der Waals surface area (Å²) in [6, 6.07) is 13.0. The fourth-order valence-corrected chi connectivity index (χ4v) is 5.09. The molecule has 0 spiro atoms. The van der Waals surface area contributed by atoms with E-state index < -0.39 is 0 Å². The number of piperazine rings is 1. The highest BCUT2D eigenvalue weighted by atomic mass is 32.1. The van der Waals surface area contributed by atoms with Crippen molar-refractivity contribution in [1.82, 2.24) is 14.8 Å². The zero-order valence-electron chi connectivity index (χ0n) is 15.8. The van der Waals surface area contributed by atoms with E-state index in [-0.39, 0.29) is 11.9 Å². The van der Waals surface area contributed by atoms with Gasteiger partial charge in [0.15, 0.2) is 5.58 Å². The summed E-state index contributed by atoms with van der Waals surface area (Å²) in [5.41, 5.74) is 1.72. The molecule has 2 aromatic heterocycles. The second-order valence-electron chi connectivity index (χ2n) is 7.49. The number of fused-ring (bicyclic) bond motifs is 1. The average Bonchev–Trinajstić information content (AvgIpc) is 3.47. The number of aromatic nitrogens is 1. The Hall–Kier alpha value is -2.38. The van der Waals surface area contributed by atoms with Crippen molar-refractivity contribution in [3.05, 3.63) is 46.7 Å². The second kappa shape index (κ2) is 7.56. The molecule has 0 N–H and O–H groups in total. The van der Waals surface area contributed by atoms with Crippen LogP contribution >= 0.6 is 11.3 Å². The van der Waals surface area contributed by atoms with Crippen LogP contribution in [0.3, 0.4) is 0 Å². The summed E-state index contributed by atoms with van der Waals surface area (Å²) in [7, 11) is 0. The summed E-state index contributed by atoms with van der Waals surface area (Å²) in [6.07, 6.45) is 2.18. The summed E-state index contributed by atoms with van der Waals surface area (Å²) in [5.74, 6) is 0.256. The zero-order chi connectivity index (χ0) is 18.9. The highest BCUT2D eigenvalue weighted by Crippen LogP contribution is 2.34. The minimum Gasteiger partial charge on any atom is -0.423 e. The average molecular weight is 397 g/mol. The monoisotopic (exact) mass is 396 g/mol. The molecule has 7 heteroatoms. The zero-order valence-corrected chi connectivity index (χ0v) is 16.6. The summed E-state index contributed by atoms with van der Waals surface area (Å²) in [6.45, 7) is 4.74. The number of rotatable bonds is 4. The Bertz CT molecular complexity index is 913. The van der Waals surface area contributed by atoms with E-state index in [1.807, 2.05) is 24.3 Å². The van der Waals surface area contributed by atoms with Crippen LogP contribution in [0.2, 0.25) is 0 Å². The van der Waals surface area contributed by atoms with Gasteiger partial charge in [0.1, 0.15) is 5.52 Å². The SMILES string of the molecule is O=C(CN1CCN(c2nc3ccccc3o2)CC1)N1CCCC1c1cccs1. The first-order valence-electron chi connectivity index (χ1n) is 9.94. The van der Waals surface area contributed by atoms with Crippen molar-refractivity contribution in [2.75, 3.05) is 44.2 Å². The number of carbonyl (C=O) groups is 1. The molecule has 2 aliphatic rings. The van der Waals surface area contributed by atoms with E-state index in [4.69, 9.17) is 4.42 Å². The minimum absolute atomic E-state index is 0.256. The highest BCUT2D eigenvalue weighted by Gasteiger charge is 2.32. The van der Waals surface area contributed by atoms with Crippen molar-refractivity contribution in [1.29, 1.82) is 0 Å². The van der Waals surface area contributed by atoms with E-state index in [9.17, 15) is 4.79 Å². The van der Waals surface area contributed by atoms with Gasteiger partial charge >= 0.3 is 0 Å². The number of nitrogens with zero attached hydrogens (tertiary/aromatic N) is 4. The molecule has 2 saturated heterocycles. The Morgan fingerprint density at radius 1 is 1.11 bits per heavy atom. The Balaban J connectivity index is 1.18. The van der Waals surface area contributed by atoms with Crippen LogP contribution in [-0.4, -0.2) is 60.0 Å². The molecule has 2 fully saturated rings. The third kappa shape index (κ3) is 3.40. The predicted molar refractivity (Wildman–Crippen MR) is 111 cm³/mol. The van der Waals surface area contributed by atoms with Crippen molar-refractivity contribution in [2.45, 2.75) is 18.9 Å². The van der Waals surface area contributed by atoms with Crippen molar-refractivity contribution in [3.63, 3.8) is 0 Å². The highest BCUT2D eigenvalue weighted by molar-refractivity contribution is 7.10. The molecule has 0 saturated carbocycles. The lowest BCUT2D eigenvalue weighted by Crippen LogP contribution is -2.50. The molecule has 4 heterocycles. The van der Waals surface area contributed by atoms with Gasteiger partial charge in [0.2, 0.25) is 5.91 Å². The third-order valence-electron chi connectivity index (χ3n) is 5.73. The number of para-hydroxylation sites is 2. The van der Waals surface area contributed by atoms with Gasteiger partial charge in [0, 0.05) is 37.6 Å². The Kier molecular flexibility index (Phi) is 4.78. The molecule has 146 valence electrons. The van der Waals surface area contributed by atoms with Gasteiger partial charge in [-0.3, -0.25) is 9.69 Å². The second-order valence-corrected chi connectivity index (χ2v) is 8.47. The van der Waals surface area contributed by atoms with E-state index in [1.54, 1.807) is 11.3 Å². The van der Waals surface area contributed by atoms with Gasteiger partial charge in [-0.05, 0) is 36.4 Å². The molecule has 0 bridgehead atoms. The number of anilines is 1. The molecule has 6 nitrogen and oxygen atoms in total. The number of hydrogen-bond donors (Lipinski definition) is 0. The predicted octanol–water partition coefficient (Wildman–Crippen LogP) is 3.38. The van der Waals surface area contributed by atoms with Crippen LogP contribution in [0.4, 0.5) is 6.01 Å². The van der Waals surface area contributed by atoms with Crippen molar-refractivity contribution >= 4 is 34.4 Å². The molecule has 0 aliphatic carbocycles. The fraction of sp³-hybridized carbons (Fsp3) is 0.429. The molecule has 3 aromatic rings. The van der Waals surface area contributed by atoms with Gasteiger partial charge in [0.25, 0.3) is 6.01 Å². The first-order chi connectivity index (χ1) is 13.8. The molecular weight excluding hydrogens is 372 g/mol. The van der Waals surface area contributed by atoms with Gasteiger partial charge < -0.3 is 14.2 Å². The number of carbonyl (C=O) groups excluding carboxylic acids is 1. The van der Waals surface area contributed by atoms with Gasteiger partial charge in [-0.15, -0.1) is 11.3 Å². The van der Waals surface area contributed by atoms with Gasteiger partial charge in [-0.1, -0.05) is 18.2 Å². The first-order valence-corrected chi connectivity index (χ1v) is 10.8. The normalized spacial score (nSPS) is 20.9. The number of amides is 1. The summed E-state index contributed by atoms with van der Waals surface area (Å²) in [5, 5.41) is 2.10. The third-order valence-corrected chi connectivity index (χ3v) is 6.70. The number of oxazole rings is 1. The molecule has 1 amide bonds. The molecule has 1 atom stereocenters. The minimum atomic E-state index is 0.256. The van der Waals surface area contributed by atoms with Crippen molar-refractivity contribution in [3.8, 4) is 0 Å². The lowest BCUT2D eigenvalue weighted by atomic mass is 10.2. The lowest BCUT2D eigenvalue weighted by molar-refractivity contribution is -0.133. The maximum atomic E-state index is 12.9. The van der Waals surface area contributed by atoms with E-state index in [0.717, 1.165) is 56.7 Å². The smallest absolute Gasteiger partial charge is 0.298 e. The van der Waals surface area contributed by atoms with Crippen LogP contribution in [-0.2, 0) is 4.79 Å². The lowest BCUT2D eigenvalue weighted by Gasteiger charge is -2.34. The number of hydrogen-bond acceptors (Lipinski definition) is 6. The standard InChI is InChI=1S/C21H24N4O2S/c26-20(25-9-3-6-17(25)19-8-4-14-28-19)15-23-10-12-24(13-11-23)21-22-16-5-1-2-7-18(16)27-21/h1-2,4-5,7-8,14,17H,3,6,9-13,15H2. The largest absolute Gasteiger partial charge is 0.423 e. The molecule has 1 aromatic carbocycles. The number of likely N-dealkylation sites (tertiary alicyclic amines) is 1. The number of thiophene rings is 1. The van der Waals surface area contributed by atoms with E-state index in [2.05, 4.69) is 37.2 Å². The van der Waals surface area contributed by atoms with Gasteiger partial charge in [0.05, 0.1) is 12.6 Å². The van der Waals surface area contributed by atoms with E-state index in [1.165, 1.54) is 4.88 Å². The van der Waals surface area contributed by atoms with Crippen LogP contribution < -0.4 is 4.90 Å². The van der Waals surface area contributed by atoms with E-state index in [0.29, 0.717) is 12.6 Å². The topological polar surface area (TPSA) is 52.8 Å². The maximum absolute atomic E-state index is 12.9. The van der Waals surface area contributed by atoms with Gasteiger partial charge in [-0.25, -0.2) is 0 Å². The maximum Gasteiger partial charge on any atom is 0.298 e. The molecular formula is C21H24N4O2S.